The van der Waals surface area contributed by atoms with Crippen LogP contribution in [0.3, 0.4) is 0 Å². The van der Waals surface area contributed by atoms with Gasteiger partial charge in [0.2, 0.25) is 0 Å². The lowest BCUT2D eigenvalue weighted by Gasteiger charge is -2.13. The smallest absolute Gasteiger partial charge is 0.237 e. The number of aromatic nitrogens is 12. The van der Waals surface area contributed by atoms with Crippen molar-refractivity contribution in [3.63, 3.8) is 0 Å². The predicted molar refractivity (Wildman–Crippen MR) is 571 cm³/mol. The van der Waals surface area contributed by atoms with Gasteiger partial charge in [-0.25, -0.2) is 9.13 Å². The molecule has 12 aromatic heterocycles. The van der Waals surface area contributed by atoms with E-state index in [2.05, 4.69) is 551 Å². The molecule has 14 aromatic carbocycles. The highest BCUT2D eigenvalue weighted by molar-refractivity contribution is 6.18. The zero-order chi connectivity index (χ0) is 94.6. The summed E-state index contributed by atoms with van der Waals surface area (Å²) < 4.78 is 27.0. The number of para-hydroxylation sites is 8. The fraction of sp³-hybridized carbons (Fsp3) is 0.152. The van der Waals surface area contributed by atoms with Crippen molar-refractivity contribution >= 4 is 152 Å². The topological polar surface area (TPSA) is 50.8 Å². The van der Waals surface area contributed by atoms with Gasteiger partial charge in [0.05, 0.1) is 26.5 Å². The van der Waals surface area contributed by atoms with Crippen molar-refractivity contribution in [3.05, 3.63) is 432 Å². The molecule has 0 aliphatic rings. The number of hydrogen-bond donors (Lipinski definition) is 0. The average Bonchev–Trinajstić information content (AvgIpc) is 1.64. The van der Waals surface area contributed by atoms with Gasteiger partial charge in [0.1, 0.15) is 66.2 Å². The first kappa shape index (κ1) is 87.5. The highest BCUT2D eigenvalue weighted by atomic mass is 15.4. The SMILES string of the molecule is Cc1cc[n+](C)c(-n2c3ccccc3c3cccc(C)c32)c1.Cc1ccc2c(c1)c1cccc(C)c1n1c2cc[n+]1C.Cc1cccc(C)c1-c1ccc2c(c1)c1cccc(C)c1n1c2cc[n+]1C.Cc1cccc2c3cc(-c4ccccc4)ccc3c3cc[n+](C)n3c12.Cc1cccc2c3cc(C(C)C)ccc3c3cc[n+](C)n3c12.Cc1cccc2c3ccccc3n(-c3cccc[n+]3C)c12. The second-order valence-corrected chi connectivity index (χ2v) is 37.9. The molecule has 670 valence electrons. The van der Waals surface area contributed by atoms with Gasteiger partial charge in [-0.3, -0.25) is 0 Å². The summed E-state index contributed by atoms with van der Waals surface area (Å²) in [6.07, 6.45) is 12.8. The molecule has 0 spiro atoms. The Labute approximate surface area is 799 Å². The molecule has 0 saturated carbocycles. The molecule has 0 fully saturated rings. The van der Waals surface area contributed by atoms with E-state index in [4.69, 9.17) is 0 Å². The highest BCUT2D eigenvalue weighted by Gasteiger charge is 2.27. The predicted octanol–water partition coefficient (Wildman–Crippen LogP) is 27.0. The minimum atomic E-state index is 0.545. The van der Waals surface area contributed by atoms with E-state index < -0.39 is 0 Å². The Morgan fingerprint density at radius 2 is 0.518 bits per heavy atom. The monoisotopic (exact) mass is 1780 g/mol. The molecular weight excluding hydrogens is 1670 g/mol. The van der Waals surface area contributed by atoms with Gasteiger partial charge in [0, 0.05) is 101 Å². The average molecular weight is 1790 g/mol. The summed E-state index contributed by atoms with van der Waals surface area (Å²) in [6, 6.07) is 121. The van der Waals surface area contributed by atoms with Gasteiger partial charge in [-0.15, -0.1) is 36.8 Å². The maximum absolute atomic E-state index is 2.38. The molecule has 12 heterocycles. The van der Waals surface area contributed by atoms with Gasteiger partial charge in [-0.1, -0.05) is 256 Å². The Morgan fingerprint density at radius 1 is 0.197 bits per heavy atom. The fourth-order valence-corrected chi connectivity index (χ4v) is 21.7. The number of fused-ring (bicyclic) bond motifs is 30. The number of aryl methyl sites for hydroxylation is 16. The third-order valence-corrected chi connectivity index (χ3v) is 28.4. The van der Waals surface area contributed by atoms with E-state index in [1.165, 1.54) is 247 Å². The first-order valence-corrected chi connectivity index (χ1v) is 47.8. The van der Waals surface area contributed by atoms with Crippen LogP contribution in [0.15, 0.2) is 371 Å². The molecule has 12 heteroatoms. The van der Waals surface area contributed by atoms with Crippen molar-refractivity contribution in [2.75, 3.05) is 0 Å². The summed E-state index contributed by atoms with van der Waals surface area (Å²) in [6.45, 7) is 26.3. The second kappa shape index (κ2) is 35.3. The highest BCUT2D eigenvalue weighted by Crippen LogP contribution is 2.42. The maximum atomic E-state index is 2.38. The molecule has 26 aromatic rings. The summed E-state index contributed by atoms with van der Waals surface area (Å²) in [7, 11) is 12.6. The normalized spacial score (nSPS) is 11.6. The van der Waals surface area contributed by atoms with Crippen LogP contribution in [-0.4, -0.2) is 27.2 Å². The zero-order valence-electron chi connectivity index (χ0n) is 81.7. The van der Waals surface area contributed by atoms with Crippen molar-refractivity contribution < 1.29 is 27.9 Å². The van der Waals surface area contributed by atoms with Crippen LogP contribution in [0.5, 0.6) is 0 Å². The van der Waals surface area contributed by atoms with E-state index >= 15 is 0 Å². The van der Waals surface area contributed by atoms with E-state index in [1.807, 2.05) is 0 Å². The standard InChI is InChI=1S/C25H23N2.C23H19N2.C20H21N2.C20H19N2.C19H17N2.C18H17N2/c1-16-7-5-8-17(2)24(16)19-11-12-20-22(15-19)21-10-6-9-18(3)25(21)27-23(20)13-14-26(27)4;1-16-7-6-10-20-21-15-18(17-8-4-3-5-9-17)11-12-19(21)22-13-14-24(2)25(22)23(16)20;1-13(2)15-8-9-16-18(12-15)17-7-5-6-14(3)20(17)22-19(16)10-11-21(22)4;1-14-11-12-21(3)19(13-14)22-18-10-5-4-8-16(18)17-9-6-7-15(2)20(17)22;1-14-8-7-10-16-15-9-3-4-11-17(15)21(19(14)16)18-12-5-6-13-20(18)2;1-12-7-8-14-16(11-12)15-6-4-5-13(2)18(15)20-17(14)9-10-19(20)3/h5-15H,1-4H3;3-15H,1-2H3;5-13H,1-4H3;4-13H,1-3H3;3-13H,1-2H3;4-11H,1-3H3/q6*+1. The largest absolute Gasteiger partial charge is 0.286 e. The van der Waals surface area contributed by atoms with Crippen LogP contribution in [0, 0.1) is 69.2 Å². The van der Waals surface area contributed by atoms with Crippen LogP contribution in [-0.2, 0) is 42.3 Å². The molecule has 0 aliphatic carbocycles. The number of benzene rings is 14. The van der Waals surface area contributed by atoms with E-state index in [1.54, 1.807) is 0 Å². The van der Waals surface area contributed by atoms with E-state index in [0.29, 0.717) is 5.92 Å². The Balaban J connectivity index is 0.0000000984. The molecule has 0 amide bonds. The molecule has 0 aliphatic heterocycles. The number of pyridine rings is 6. The zero-order valence-corrected chi connectivity index (χ0v) is 81.7. The first-order chi connectivity index (χ1) is 66.5. The molecule has 0 N–H and O–H groups in total. The minimum Gasteiger partial charge on any atom is -0.237 e. The lowest BCUT2D eigenvalue weighted by molar-refractivity contribution is -0.735. The lowest BCUT2D eigenvalue weighted by atomic mass is 9.93. The van der Waals surface area contributed by atoms with Gasteiger partial charge in [-0.05, 0) is 235 Å². The molecular formula is C125H116N12+6. The van der Waals surface area contributed by atoms with Crippen LogP contribution in [0.25, 0.3) is 186 Å². The van der Waals surface area contributed by atoms with Gasteiger partial charge in [0.25, 0.3) is 11.6 Å². The van der Waals surface area contributed by atoms with Crippen LogP contribution in [0.2, 0.25) is 0 Å². The summed E-state index contributed by atoms with van der Waals surface area (Å²) in [5, 5.41) is 21.1. The summed E-state index contributed by atoms with van der Waals surface area (Å²) in [5.41, 5.74) is 34.9. The molecule has 0 unspecified atom stereocenters. The maximum Gasteiger partial charge on any atom is 0.286 e. The third kappa shape index (κ3) is 15.1. The Bertz CT molecular complexity index is 9330. The van der Waals surface area contributed by atoms with E-state index in [0.717, 1.165) is 0 Å². The Hall–Kier alpha value is -16.2. The number of rotatable bonds is 5. The molecule has 12 nitrogen and oxygen atoms in total. The van der Waals surface area contributed by atoms with Crippen LogP contribution in [0.1, 0.15) is 81.0 Å². The van der Waals surface area contributed by atoms with Gasteiger partial charge >= 0.3 is 0 Å². The quantitative estimate of drug-likeness (QED) is 0.122. The number of hydrogen-bond acceptors (Lipinski definition) is 0. The van der Waals surface area contributed by atoms with Gasteiger partial charge in [0.15, 0.2) is 53.0 Å². The molecule has 0 radical (unpaired) electrons. The molecule has 0 bridgehead atoms. The molecule has 0 saturated heterocycles. The van der Waals surface area contributed by atoms with Crippen LogP contribution < -0.4 is 27.9 Å². The van der Waals surface area contributed by atoms with Crippen molar-refractivity contribution in [2.24, 2.45) is 42.3 Å². The van der Waals surface area contributed by atoms with Crippen molar-refractivity contribution in [1.29, 1.82) is 0 Å². The van der Waals surface area contributed by atoms with Gasteiger partial charge < -0.3 is 0 Å². The Morgan fingerprint density at radius 3 is 0.956 bits per heavy atom. The minimum absolute atomic E-state index is 0.545. The van der Waals surface area contributed by atoms with E-state index in [-0.39, 0.29) is 0 Å². The fourth-order valence-electron chi connectivity index (χ4n) is 21.7. The van der Waals surface area contributed by atoms with Crippen molar-refractivity contribution in [2.45, 2.75) is 89.0 Å². The van der Waals surface area contributed by atoms with Crippen molar-refractivity contribution in [1.82, 2.24) is 27.2 Å². The van der Waals surface area contributed by atoms with E-state index in [9.17, 15) is 0 Å². The van der Waals surface area contributed by atoms with Crippen molar-refractivity contribution in [3.8, 4) is 33.9 Å². The molecule has 137 heavy (non-hydrogen) atoms. The number of nitrogens with zero attached hydrogens (tertiary/aromatic N) is 12. The summed E-state index contributed by atoms with van der Waals surface area (Å²) in [5.74, 6) is 2.92. The van der Waals surface area contributed by atoms with Gasteiger partial charge in [-0.2, -0.15) is 9.13 Å². The first-order valence-electron chi connectivity index (χ1n) is 47.8. The second-order valence-electron chi connectivity index (χ2n) is 37.9. The summed E-state index contributed by atoms with van der Waals surface area (Å²) >= 11 is 0. The van der Waals surface area contributed by atoms with Crippen LogP contribution in [0.4, 0.5) is 0 Å². The Kier molecular flexibility index (Phi) is 22.6. The summed E-state index contributed by atoms with van der Waals surface area (Å²) in [4.78, 5) is 0. The van der Waals surface area contributed by atoms with Crippen LogP contribution >= 0.6 is 0 Å². The third-order valence-electron chi connectivity index (χ3n) is 28.4. The molecule has 0 atom stereocenters. The molecule has 26 rings (SSSR count). The lowest BCUT2D eigenvalue weighted by Crippen LogP contribution is -2.34.